The third kappa shape index (κ3) is 4.07. The van der Waals surface area contributed by atoms with Crippen molar-refractivity contribution in [2.75, 3.05) is 26.2 Å². The summed E-state index contributed by atoms with van der Waals surface area (Å²) in [4.78, 5) is 2.38. The average Bonchev–Trinajstić information content (AvgIpc) is 2.55. The Morgan fingerprint density at radius 1 is 1.62 bits per heavy atom. The predicted octanol–water partition coefficient (Wildman–Crippen LogP) is 0.835. The third-order valence-corrected chi connectivity index (χ3v) is 2.48. The van der Waals surface area contributed by atoms with E-state index in [2.05, 4.69) is 18.7 Å². The maximum atomic E-state index is 5.76. The Balaban J connectivity index is 2.21. The number of hydrogen-bond donors (Lipinski definition) is 1. The normalized spacial score (nSPS) is 25.4. The molecule has 1 saturated heterocycles. The van der Waals surface area contributed by atoms with Gasteiger partial charge in [-0.1, -0.05) is 6.92 Å². The molecule has 13 heavy (non-hydrogen) atoms. The van der Waals surface area contributed by atoms with E-state index < -0.39 is 0 Å². The second-order valence-electron chi connectivity index (χ2n) is 3.96. The molecule has 0 spiro atoms. The van der Waals surface area contributed by atoms with Crippen molar-refractivity contribution in [1.29, 1.82) is 0 Å². The fourth-order valence-electron chi connectivity index (χ4n) is 1.82. The van der Waals surface area contributed by atoms with Gasteiger partial charge in [0.2, 0.25) is 0 Å². The number of likely N-dealkylation sites (N-methyl/N-ethyl adjacent to an activating group) is 1. The summed E-state index contributed by atoms with van der Waals surface area (Å²) in [6.45, 7) is 8.28. The Morgan fingerprint density at radius 2 is 2.38 bits per heavy atom. The van der Waals surface area contributed by atoms with Crippen LogP contribution in [0.5, 0.6) is 0 Å². The van der Waals surface area contributed by atoms with E-state index in [0.29, 0.717) is 6.10 Å². The molecule has 2 N–H and O–H groups in total. The van der Waals surface area contributed by atoms with Gasteiger partial charge < -0.3 is 10.5 Å². The molecule has 0 saturated carbocycles. The number of ether oxygens (including phenoxy) is 1. The highest BCUT2D eigenvalue weighted by Crippen LogP contribution is 2.13. The number of rotatable bonds is 5. The Kier molecular flexibility index (Phi) is 4.70. The van der Waals surface area contributed by atoms with Crippen LogP contribution in [0.15, 0.2) is 0 Å². The summed E-state index contributed by atoms with van der Waals surface area (Å²) < 4.78 is 5.58. The maximum Gasteiger partial charge on any atom is 0.0702 e. The Labute approximate surface area is 81.2 Å². The molecule has 1 aliphatic rings. The largest absolute Gasteiger partial charge is 0.377 e. The smallest absolute Gasteiger partial charge is 0.0702 e. The molecule has 0 aliphatic carbocycles. The number of nitrogens with zero attached hydrogens (tertiary/aromatic N) is 1. The van der Waals surface area contributed by atoms with Crippen LogP contribution in [-0.4, -0.2) is 43.3 Å². The molecule has 3 nitrogen and oxygen atoms in total. The minimum Gasteiger partial charge on any atom is -0.377 e. The lowest BCUT2D eigenvalue weighted by Gasteiger charge is -2.25. The zero-order valence-corrected chi connectivity index (χ0v) is 8.83. The quantitative estimate of drug-likeness (QED) is 0.691. The summed E-state index contributed by atoms with van der Waals surface area (Å²) in [6, 6.07) is 0.265. The Morgan fingerprint density at radius 3 is 2.85 bits per heavy atom. The number of hydrogen-bond acceptors (Lipinski definition) is 3. The summed E-state index contributed by atoms with van der Waals surface area (Å²) in [7, 11) is 0. The molecule has 2 atom stereocenters. The van der Waals surface area contributed by atoms with Gasteiger partial charge in [0.05, 0.1) is 6.10 Å². The maximum absolute atomic E-state index is 5.76. The van der Waals surface area contributed by atoms with Gasteiger partial charge in [0.1, 0.15) is 0 Å². The first-order valence-corrected chi connectivity index (χ1v) is 5.32. The van der Waals surface area contributed by atoms with E-state index in [-0.39, 0.29) is 6.04 Å². The predicted molar refractivity (Wildman–Crippen MR) is 54.7 cm³/mol. The van der Waals surface area contributed by atoms with Gasteiger partial charge in [0.15, 0.2) is 0 Å². The number of nitrogens with two attached hydrogens (primary N) is 1. The van der Waals surface area contributed by atoms with Crippen molar-refractivity contribution in [3.63, 3.8) is 0 Å². The lowest BCUT2D eigenvalue weighted by atomic mass is 10.2. The van der Waals surface area contributed by atoms with Gasteiger partial charge in [-0.05, 0) is 26.3 Å². The minimum absolute atomic E-state index is 0.265. The average molecular weight is 186 g/mol. The molecule has 0 bridgehead atoms. The standard InChI is InChI=1S/C10H22N2O/c1-3-12(7-9(2)11)8-10-5-4-6-13-10/h9-10H,3-8,11H2,1-2H3/t9-,10?/m0/s1. The van der Waals surface area contributed by atoms with Crippen molar-refractivity contribution in [2.24, 2.45) is 5.73 Å². The molecule has 0 radical (unpaired) electrons. The molecule has 0 aromatic rings. The van der Waals surface area contributed by atoms with E-state index in [9.17, 15) is 0 Å². The van der Waals surface area contributed by atoms with Gasteiger partial charge in [-0.2, -0.15) is 0 Å². The van der Waals surface area contributed by atoms with Crippen LogP contribution in [0.3, 0.4) is 0 Å². The van der Waals surface area contributed by atoms with Crippen molar-refractivity contribution in [3.8, 4) is 0 Å². The zero-order chi connectivity index (χ0) is 9.68. The van der Waals surface area contributed by atoms with Gasteiger partial charge in [-0.25, -0.2) is 0 Å². The summed E-state index contributed by atoms with van der Waals surface area (Å²) in [5.74, 6) is 0. The molecule has 1 fully saturated rings. The van der Waals surface area contributed by atoms with Crippen LogP contribution in [0.4, 0.5) is 0 Å². The van der Waals surface area contributed by atoms with E-state index in [1.165, 1.54) is 12.8 Å². The second kappa shape index (κ2) is 5.58. The molecule has 1 heterocycles. The highest BCUT2D eigenvalue weighted by Gasteiger charge is 2.18. The van der Waals surface area contributed by atoms with E-state index in [1.54, 1.807) is 0 Å². The molecule has 0 amide bonds. The van der Waals surface area contributed by atoms with Crippen molar-refractivity contribution in [1.82, 2.24) is 4.90 Å². The fraction of sp³-hybridized carbons (Fsp3) is 1.00. The monoisotopic (exact) mass is 186 g/mol. The molecular formula is C10H22N2O. The van der Waals surface area contributed by atoms with Crippen molar-refractivity contribution >= 4 is 0 Å². The third-order valence-electron chi connectivity index (χ3n) is 2.48. The van der Waals surface area contributed by atoms with Crippen LogP contribution in [0.25, 0.3) is 0 Å². The summed E-state index contributed by atoms with van der Waals surface area (Å²) in [5.41, 5.74) is 5.76. The minimum atomic E-state index is 0.265. The molecule has 0 aromatic heterocycles. The van der Waals surface area contributed by atoms with Gasteiger partial charge in [-0.3, -0.25) is 4.90 Å². The van der Waals surface area contributed by atoms with E-state index in [1.807, 2.05) is 0 Å². The van der Waals surface area contributed by atoms with Crippen molar-refractivity contribution in [2.45, 2.75) is 38.8 Å². The van der Waals surface area contributed by atoms with Crippen LogP contribution >= 0.6 is 0 Å². The van der Waals surface area contributed by atoms with Crippen molar-refractivity contribution in [3.05, 3.63) is 0 Å². The Bertz CT molecular complexity index is 133. The summed E-state index contributed by atoms with van der Waals surface area (Å²) >= 11 is 0. The molecule has 1 aliphatic heterocycles. The first-order valence-electron chi connectivity index (χ1n) is 5.32. The molecule has 3 heteroatoms. The van der Waals surface area contributed by atoms with Crippen LogP contribution < -0.4 is 5.73 Å². The molecule has 78 valence electrons. The highest BCUT2D eigenvalue weighted by molar-refractivity contribution is 4.71. The van der Waals surface area contributed by atoms with E-state index >= 15 is 0 Å². The van der Waals surface area contributed by atoms with Crippen molar-refractivity contribution < 1.29 is 4.74 Å². The van der Waals surface area contributed by atoms with Gasteiger partial charge in [0.25, 0.3) is 0 Å². The van der Waals surface area contributed by atoms with E-state index in [0.717, 1.165) is 26.2 Å². The molecular weight excluding hydrogens is 164 g/mol. The first-order chi connectivity index (χ1) is 6.22. The molecule has 1 unspecified atom stereocenters. The topological polar surface area (TPSA) is 38.5 Å². The SMILES string of the molecule is CCN(CC1CCCO1)C[C@H](C)N. The lowest BCUT2D eigenvalue weighted by Crippen LogP contribution is -2.39. The molecule has 1 rings (SSSR count). The first kappa shape index (κ1) is 11.0. The van der Waals surface area contributed by atoms with Gasteiger partial charge in [0, 0.05) is 25.7 Å². The highest BCUT2D eigenvalue weighted by atomic mass is 16.5. The summed E-state index contributed by atoms with van der Waals surface area (Å²) in [5, 5.41) is 0. The fourth-order valence-corrected chi connectivity index (χ4v) is 1.82. The zero-order valence-electron chi connectivity index (χ0n) is 8.83. The second-order valence-corrected chi connectivity index (χ2v) is 3.96. The van der Waals surface area contributed by atoms with Crippen LogP contribution in [0.1, 0.15) is 26.7 Å². The van der Waals surface area contributed by atoms with Gasteiger partial charge >= 0.3 is 0 Å². The van der Waals surface area contributed by atoms with E-state index in [4.69, 9.17) is 10.5 Å². The summed E-state index contributed by atoms with van der Waals surface area (Å²) in [6.07, 6.45) is 2.90. The van der Waals surface area contributed by atoms with Gasteiger partial charge in [-0.15, -0.1) is 0 Å². The van der Waals surface area contributed by atoms with Crippen LogP contribution in [-0.2, 0) is 4.74 Å². The Hall–Kier alpha value is -0.120. The van der Waals surface area contributed by atoms with Crippen LogP contribution in [0, 0.1) is 0 Å². The lowest BCUT2D eigenvalue weighted by molar-refractivity contribution is 0.0735. The molecule has 0 aromatic carbocycles. The van der Waals surface area contributed by atoms with Crippen LogP contribution in [0.2, 0.25) is 0 Å².